The third-order valence-electron chi connectivity index (χ3n) is 2.94. The van der Waals surface area contributed by atoms with E-state index in [1.165, 1.54) is 24.7 Å². The molecule has 0 saturated carbocycles. The lowest BCUT2D eigenvalue weighted by Crippen LogP contribution is -2.26. The van der Waals surface area contributed by atoms with Gasteiger partial charge in [-0.25, -0.2) is 4.39 Å². The Labute approximate surface area is 105 Å². The Bertz CT molecular complexity index is 366. The summed E-state index contributed by atoms with van der Waals surface area (Å²) in [5.74, 6) is 0.970. The zero-order valence-electron chi connectivity index (χ0n) is 9.17. The minimum Gasteiger partial charge on any atom is -0.312 e. The molecule has 0 radical (unpaired) electrons. The summed E-state index contributed by atoms with van der Waals surface area (Å²) in [6.07, 6.45) is 2.41. The highest BCUT2D eigenvalue weighted by molar-refractivity contribution is 8.00. The molecule has 0 aromatic heterocycles. The van der Waals surface area contributed by atoms with Gasteiger partial charge in [0.2, 0.25) is 0 Å². The standard InChI is InChI=1S/C12H15ClFNS/c1-15-12(11-3-2-6-16-11)9-7-8(14)4-5-10(9)13/h4-5,7,11-12,15H,2-3,6H2,1H3. The van der Waals surface area contributed by atoms with E-state index in [0.717, 1.165) is 5.56 Å². The van der Waals surface area contributed by atoms with Crippen LogP contribution in [0.1, 0.15) is 24.4 Å². The van der Waals surface area contributed by atoms with Crippen molar-refractivity contribution in [3.8, 4) is 0 Å². The van der Waals surface area contributed by atoms with Crippen molar-refractivity contribution in [3.05, 3.63) is 34.6 Å². The Morgan fingerprint density at radius 1 is 1.56 bits per heavy atom. The third-order valence-corrected chi connectivity index (χ3v) is 4.75. The summed E-state index contributed by atoms with van der Waals surface area (Å²) in [5.41, 5.74) is 0.878. The lowest BCUT2D eigenvalue weighted by molar-refractivity contribution is 0.545. The van der Waals surface area contributed by atoms with Gasteiger partial charge in [-0.1, -0.05) is 11.6 Å². The van der Waals surface area contributed by atoms with Crippen molar-refractivity contribution in [3.63, 3.8) is 0 Å². The summed E-state index contributed by atoms with van der Waals surface area (Å²) in [5, 5.41) is 4.41. The van der Waals surface area contributed by atoms with E-state index < -0.39 is 0 Å². The van der Waals surface area contributed by atoms with E-state index >= 15 is 0 Å². The zero-order valence-corrected chi connectivity index (χ0v) is 10.7. The van der Waals surface area contributed by atoms with Crippen LogP contribution in [0.4, 0.5) is 4.39 Å². The first kappa shape index (κ1) is 12.2. The quantitative estimate of drug-likeness (QED) is 0.890. The smallest absolute Gasteiger partial charge is 0.123 e. The maximum Gasteiger partial charge on any atom is 0.123 e. The Morgan fingerprint density at radius 3 is 3.00 bits per heavy atom. The highest BCUT2D eigenvalue weighted by Crippen LogP contribution is 2.38. The minimum atomic E-state index is -0.220. The van der Waals surface area contributed by atoms with Gasteiger partial charge in [0, 0.05) is 16.3 Å². The second kappa shape index (κ2) is 5.39. The molecule has 0 bridgehead atoms. The van der Waals surface area contributed by atoms with E-state index in [2.05, 4.69) is 5.32 Å². The van der Waals surface area contributed by atoms with Gasteiger partial charge >= 0.3 is 0 Å². The fraction of sp³-hybridized carbons (Fsp3) is 0.500. The maximum atomic E-state index is 13.2. The van der Waals surface area contributed by atoms with Crippen molar-refractivity contribution < 1.29 is 4.39 Å². The molecule has 2 atom stereocenters. The van der Waals surface area contributed by atoms with Crippen LogP contribution in [0.2, 0.25) is 5.02 Å². The second-order valence-corrected chi connectivity index (χ2v) is 5.74. The molecule has 88 valence electrons. The van der Waals surface area contributed by atoms with Gasteiger partial charge in [0.15, 0.2) is 0 Å². The third kappa shape index (κ3) is 2.53. The van der Waals surface area contributed by atoms with Crippen molar-refractivity contribution in [2.75, 3.05) is 12.8 Å². The van der Waals surface area contributed by atoms with E-state index in [9.17, 15) is 4.39 Å². The Hall–Kier alpha value is -0.250. The Balaban J connectivity index is 2.28. The molecule has 4 heteroatoms. The van der Waals surface area contributed by atoms with Gasteiger partial charge in [-0.3, -0.25) is 0 Å². The van der Waals surface area contributed by atoms with Crippen LogP contribution >= 0.6 is 23.4 Å². The number of thioether (sulfide) groups is 1. The van der Waals surface area contributed by atoms with Crippen molar-refractivity contribution in [1.82, 2.24) is 5.32 Å². The number of benzene rings is 1. The second-order valence-electron chi connectivity index (χ2n) is 3.98. The number of hydrogen-bond donors (Lipinski definition) is 1. The minimum absolute atomic E-state index is 0.149. The molecule has 1 aromatic rings. The molecule has 1 aliphatic rings. The molecule has 1 nitrogen and oxygen atoms in total. The van der Waals surface area contributed by atoms with Crippen LogP contribution in [-0.4, -0.2) is 18.1 Å². The highest BCUT2D eigenvalue weighted by Gasteiger charge is 2.27. The van der Waals surface area contributed by atoms with Crippen LogP contribution in [0.15, 0.2) is 18.2 Å². The summed E-state index contributed by atoms with van der Waals surface area (Å²) in [6, 6.07) is 4.73. The van der Waals surface area contributed by atoms with Gasteiger partial charge in [0.05, 0.1) is 0 Å². The monoisotopic (exact) mass is 259 g/mol. The predicted molar refractivity (Wildman–Crippen MR) is 68.7 cm³/mol. The van der Waals surface area contributed by atoms with Crippen molar-refractivity contribution in [1.29, 1.82) is 0 Å². The number of hydrogen-bond acceptors (Lipinski definition) is 2. The van der Waals surface area contributed by atoms with Crippen molar-refractivity contribution in [2.24, 2.45) is 0 Å². The van der Waals surface area contributed by atoms with Crippen LogP contribution < -0.4 is 5.32 Å². The first-order valence-corrected chi connectivity index (χ1v) is 6.89. The van der Waals surface area contributed by atoms with Crippen molar-refractivity contribution in [2.45, 2.75) is 24.1 Å². The van der Waals surface area contributed by atoms with E-state index in [0.29, 0.717) is 10.3 Å². The molecule has 0 amide bonds. The molecule has 1 heterocycles. The fourth-order valence-corrected chi connectivity index (χ4v) is 3.84. The predicted octanol–water partition coefficient (Wildman–Crippen LogP) is 3.64. The van der Waals surface area contributed by atoms with Gasteiger partial charge < -0.3 is 5.32 Å². The topological polar surface area (TPSA) is 12.0 Å². The average Bonchev–Trinajstić information content (AvgIpc) is 2.78. The number of halogens is 2. The molecule has 1 saturated heterocycles. The van der Waals surface area contributed by atoms with Crippen LogP contribution in [0.25, 0.3) is 0 Å². The molecular weight excluding hydrogens is 245 g/mol. The first-order chi connectivity index (χ1) is 7.72. The van der Waals surface area contributed by atoms with Crippen LogP contribution in [0, 0.1) is 5.82 Å². The summed E-state index contributed by atoms with van der Waals surface area (Å²) in [7, 11) is 1.91. The average molecular weight is 260 g/mol. The molecule has 2 rings (SSSR count). The number of rotatable bonds is 3. The van der Waals surface area contributed by atoms with Gasteiger partial charge in [-0.15, -0.1) is 0 Å². The summed E-state index contributed by atoms with van der Waals surface area (Å²) in [4.78, 5) is 0. The lowest BCUT2D eigenvalue weighted by Gasteiger charge is -2.23. The van der Waals surface area contributed by atoms with Gasteiger partial charge in [-0.05, 0) is 49.4 Å². The molecule has 1 aromatic carbocycles. The fourth-order valence-electron chi connectivity index (χ4n) is 2.16. The van der Waals surface area contributed by atoms with Gasteiger partial charge in [0.1, 0.15) is 5.82 Å². The largest absolute Gasteiger partial charge is 0.312 e. The summed E-state index contributed by atoms with van der Waals surface area (Å²) >= 11 is 8.07. The molecule has 16 heavy (non-hydrogen) atoms. The highest BCUT2D eigenvalue weighted by atomic mass is 35.5. The molecule has 0 aliphatic carbocycles. The molecule has 2 unspecified atom stereocenters. The Morgan fingerprint density at radius 2 is 2.38 bits per heavy atom. The van der Waals surface area contributed by atoms with E-state index in [-0.39, 0.29) is 11.9 Å². The maximum absolute atomic E-state index is 13.2. The summed E-state index contributed by atoms with van der Waals surface area (Å²) < 4.78 is 13.2. The molecule has 0 spiro atoms. The van der Waals surface area contributed by atoms with Crippen LogP contribution in [-0.2, 0) is 0 Å². The van der Waals surface area contributed by atoms with E-state index in [4.69, 9.17) is 11.6 Å². The number of nitrogens with one attached hydrogen (secondary N) is 1. The molecule has 1 N–H and O–H groups in total. The van der Waals surface area contributed by atoms with Gasteiger partial charge in [0.25, 0.3) is 0 Å². The lowest BCUT2D eigenvalue weighted by atomic mass is 10.0. The molecular formula is C12H15ClFNS. The van der Waals surface area contributed by atoms with E-state index in [1.54, 1.807) is 12.1 Å². The Kier molecular flexibility index (Phi) is 4.11. The van der Waals surface area contributed by atoms with Crippen LogP contribution in [0.5, 0.6) is 0 Å². The SMILES string of the molecule is CNC(c1cc(F)ccc1Cl)C1CCCS1. The van der Waals surface area contributed by atoms with Gasteiger partial charge in [-0.2, -0.15) is 11.8 Å². The van der Waals surface area contributed by atoms with Crippen molar-refractivity contribution >= 4 is 23.4 Å². The molecule has 1 aliphatic heterocycles. The first-order valence-electron chi connectivity index (χ1n) is 5.46. The van der Waals surface area contributed by atoms with E-state index in [1.807, 2.05) is 18.8 Å². The zero-order chi connectivity index (χ0) is 11.5. The molecule has 1 fully saturated rings. The normalized spacial score (nSPS) is 22.3. The summed E-state index contributed by atoms with van der Waals surface area (Å²) in [6.45, 7) is 0. The van der Waals surface area contributed by atoms with Crippen LogP contribution in [0.3, 0.4) is 0 Å².